The molecule has 0 heterocycles. The van der Waals surface area contributed by atoms with Crippen LogP contribution >= 0.6 is 0 Å². The number of nitrogens with one attached hydrogen (secondary N) is 1. The molecule has 2 aromatic rings. The summed E-state index contributed by atoms with van der Waals surface area (Å²) in [6.07, 6.45) is 0. The average molecular weight is 417 g/mol. The van der Waals surface area contributed by atoms with Gasteiger partial charge < -0.3 is 5.32 Å². The number of amides is 1. The van der Waals surface area contributed by atoms with E-state index >= 15 is 0 Å². The van der Waals surface area contributed by atoms with Crippen LogP contribution in [-0.4, -0.2) is 32.2 Å². The minimum Gasteiger partial charge on any atom is -0.324 e. The number of hydrogen-bond acceptors (Lipinski definition) is 3. The molecule has 0 saturated carbocycles. The van der Waals surface area contributed by atoms with Gasteiger partial charge in [-0.25, -0.2) is 8.42 Å². The number of aryl methyl sites for hydroxylation is 3. The van der Waals surface area contributed by atoms with Crippen molar-refractivity contribution in [2.45, 2.75) is 60.3 Å². The van der Waals surface area contributed by atoms with Gasteiger partial charge in [-0.15, -0.1) is 0 Å². The summed E-state index contributed by atoms with van der Waals surface area (Å²) in [5.41, 5.74) is 8.28. The van der Waals surface area contributed by atoms with Gasteiger partial charge in [-0.1, -0.05) is 17.7 Å². The van der Waals surface area contributed by atoms with E-state index in [1.807, 2.05) is 67.5 Å². The summed E-state index contributed by atoms with van der Waals surface area (Å²) in [5, 5.41) is 2.88. The van der Waals surface area contributed by atoms with Gasteiger partial charge in [0.1, 0.15) is 0 Å². The topological polar surface area (TPSA) is 66.5 Å². The molecule has 1 N–H and O–H groups in total. The molecule has 0 atom stereocenters. The first-order chi connectivity index (χ1) is 13.3. The lowest BCUT2D eigenvalue weighted by Crippen LogP contribution is -2.36. The van der Waals surface area contributed by atoms with Gasteiger partial charge in [0.25, 0.3) is 0 Å². The third-order valence-corrected chi connectivity index (χ3v) is 7.99. The Balaban J connectivity index is 2.34. The first-order valence-electron chi connectivity index (χ1n) is 9.70. The van der Waals surface area contributed by atoms with Crippen LogP contribution in [0.5, 0.6) is 0 Å². The maximum atomic E-state index is 13.3. The molecular formula is C23H32N2O3S. The second-order valence-electron chi connectivity index (χ2n) is 8.04. The molecule has 29 heavy (non-hydrogen) atoms. The maximum absolute atomic E-state index is 13.3. The lowest BCUT2D eigenvalue weighted by molar-refractivity contribution is -0.116. The highest BCUT2D eigenvalue weighted by atomic mass is 32.2. The fourth-order valence-electron chi connectivity index (χ4n) is 3.85. The number of benzene rings is 2. The fourth-order valence-corrected chi connectivity index (χ4v) is 5.53. The zero-order valence-electron chi connectivity index (χ0n) is 18.9. The number of hydrogen-bond donors (Lipinski definition) is 1. The molecule has 0 spiro atoms. The van der Waals surface area contributed by atoms with E-state index in [2.05, 4.69) is 5.32 Å². The van der Waals surface area contributed by atoms with Gasteiger partial charge in [0, 0.05) is 12.7 Å². The van der Waals surface area contributed by atoms with Crippen LogP contribution in [0.25, 0.3) is 0 Å². The van der Waals surface area contributed by atoms with Crippen molar-refractivity contribution in [2.75, 3.05) is 18.9 Å². The van der Waals surface area contributed by atoms with Crippen LogP contribution in [0.15, 0.2) is 17.0 Å². The lowest BCUT2D eigenvalue weighted by atomic mass is 9.95. The van der Waals surface area contributed by atoms with Crippen LogP contribution in [0.3, 0.4) is 0 Å². The minimum atomic E-state index is -3.80. The van der Waals surface area contributed by atoms with Gasteiger partial charge in [0.15, 0.2) is 0 Å². The summed E-state index contributed by atoms with van der Waals surface area (Å²) in [6.45, 7) is 15.1. The number of carbonyl (C=O) groups is 1. The smallest absolute Gasteiger partial charge is 0.243 e. The zero-order valence-corrected chi connectivity index (χ0v) is 19.8. The van der Waals surface area contributed by atoms with E-state index in [-0.39, 0.29) is 12.5 Å². The van der Waals surface area contributed by atoms with Gasteiger partial charge in [0.2, 0.25) is 15.9 Å². The third-order valence-electron chi connectivity index (χ3n) is 5.91. The second-order valence-corrected chi connectivity index (χ2v) is 10.0. The van der Waals surface area contributed by atoms with Crippen molar-refractivity contribution < 1.29 is 13.2 Å². The molecule has 0 unspecified atom stereocenters. The van der Waals surface area contributed by atoms with Crippen LogP contribution in [0, 0.1) is 55.4 Å². The van der Waals surface area contributed by atoms with Crippen molar-refractivity contribution in [3.05, 3.63) is 56.6 Å². The highest BCUT2D eigenvalue weighted by Gasteiger charge is 2.29. The Hall–Kier alpha value is -2.18. The molecule has 0 aliphatic carbocycles. The monoisotopic (exact) mass is 416 g/mol. The average Bonchev–Trinajstić information content (AvgIpc) is 2.61. The molecule has 2 rings (SSSR count). The fraction of sp³-hybridized carbons (Fsp3) is 0.435. The van der Waals surface area contributed by atoms with Crippen LogP contribution < -0.4 is 5.32 Å². The van der Waals surface area contributed by atoms with Crippen molar-refractivity contribution >= 4 is 21.6 Å². The Morgan fingerprint density at radius 3 is 1.69 bits per heavy atom. The largest absolute Gasteiger partial charge is 0.324 e. The molecule has 0 radical (unpaired) electrons. The normalized spacial score (nSPS) is 11.8. The number of carbonyl (C=O) groups excluding carboxylic acids is 1. The molecule has 6 heteroatoms. The summed E-state index contributed by atoms with van der Waals surface area (Å²) in [4.78, 5) is 12.9. The summed E-state index contributed by atoms with van der Waals surface area (Å²) in [6, 6.07) is 3.99. The summed E-state index contributed by atoms with van der Waals surface area (Å²) >= 11 is 0. The van der Waals surface area contributed by atoms with Crippen LogP contribution in [0.1, 0.15) is 44.5 Å². The number of sulfonamides is 1. The van der Waals surface area contributed by atoms with Gasteiger partial charge in [-0.2, -0.15) is 4.31 Å². The predicted octanol–water partition coefficient (Wildman–Crippen LogP) is 4.41. The van der Waals surface area contributed by atoms with Crippen molar-refractivity contribution in [1.29, 1.82) is 0 Å². The van der Waals surface area contributed by atoms with Crippen molar-refractivity contribution in [3.8, 4) is 0 Å². The molecule has 1 amide bonds. The van der Waals surface area contributed by atoms with Crippen LogP contribution in [0.4, 0.5) is 5.69 Å². The molecule has 158 valence electrons. The van der Waals surface area contributed by atoms with Crippen LogP contribution in [-0.2, 0) is 14.8 Å². The number of anilines is 1. The lowest BCUT2D eigenvalue weighted by Gasteiger charge is -2.23. The molecule has 0 fully saturated rings. The molecule has 0 aliphatic rings. The van der Waals surface area contributed by atoms with Crippen molar-refractivity contribution in [3.63, 3.8) is 0 Å². The molecule has 0 bridgehead atoms. The van der Waals surface area contributed by atoms with E-state index in [4.69, 9.17) is 0 Å². The molecule has 0 aromatic heterocycles. The highest BCUT2D eigenvalue weighted by molar-refractivity contribution is 7.89. The van der Waals surface area contributed by atoms with E-state index in [1.54, 1.807) is 0 Å². The van der Waals surface area contributed by atoms with E-state index in [1.165, 1.54) is 7.05 Å². The quantitative estimate of drug-likeness (QED) is 0.785. The van der Waals surface area contributed by atoms with Gasteiger partial charge in [-0.05, 0) is 94.3 Å². The van der Waals surface area contributed by atoms with Gasteiger partial charge >= 0.3 is 0 Å². The second kappa shape index (κ2) is 8.28. The van der Waals surface area contributed by atoms with Gasteiger partial charge in [0.05, 0.1) is 11.4 Å². The number of rotatable bonds is 5. The number of likely N-dealkylation sites (N-methyl/N-ethyl adjacent to an activating group) is 1. The zero-order chi connectivity index (χ0) is 22.3. The van der Waals surface area contributed by atoms with Gasteiger partial charge in [-0.3, -0.25) is 4.79 Å². The maximum Gasteiger partial charge on any atom is 0.243 e. The Kier molecular flexibility index (Phi) is 6.60. The molecule has 0 saturated heterocycles. The SMILES string of the molecule is Cc1cc(C)c(NC(=O)CN(C)S(=O)(=O)c2c(C)c(C)c(C)c(C)c2C)c(C)c1. The van der Waals surface area contributed by atoms with Crippen molar-refractivity contribution in [1.82, 2.24) is 4.31 Å². The first-order valence-corrected chi connectivity index (χ1v) is 11.1. The Bertz CT molecular complexity index is 1030. The predicted molar refractivity (Wildman–Crippen MR) is 119 cm³/mol. The standard InChI is InChI=1S/C23H32N2O3S/c1-13-10-14(2)22(15(3)11-13)24-21(26)12-25(9)29(27,28)23-19(7)17(5)16(4)18(6)20(23)8/h10-11H,12H2,1-9H3,(H,24,26). The minimum absolute atomic E-state index is 0.250. The Morgan fingerprint density at radius 1 is 0.828 bits per heavy atom. The van der Waals surface area contributed by atoms with Crippen molar-refractivity contribution in [2.24, 2.45) is 0 Å². The summed E-state index contributed by atoms with van der Waals surface area (Å²) in [7, 11) is -2.35. The summed E-state index contributed by atoms with van der Waals surface area (Å²) < 4.78 is 27.7. The highest BCUT2D eigenvalue weighted by Crippen LogP contribution is 2.31. The van der Waals surface area contributed by atoms with Crippen LogP contribution in [0.2, 0.25) is 0 Å². The first kappa shape index (κ1) is 23.1. The Labute approximate surface area is 175 Å². The molecule has 2 aromatic carbocycles. The molecule has 0 aliphatic heterocycles. The van der Waals surface area contributed by atoms with E-state index in [0.717, 1.165) is 54.5 Å². The summed E-state index contributed by atoms with van der Waals surface area (Å²) in [5.74, 6) is -0.359. The third kappa shape index (κ3) is 4.38. The van der Waals surface area contributed by atoms with E-state index < -0.39 is 10.0 Å². The van der Waals surface area contributed by atoms with E-state index in [0.29, 0.717) is 4.90 Å². The molecule has 5 nitrogen and oxygen atoms in total. The van der Waals surface area contributed by atoms with E-state index in [9.17, 15) is 13.2 Å². The Morgan fingerprint density at radius 2 is 1.24 bits per heavy atom. The number of nitrogens with zero attached hydrogens (tertiary/aromatic N) is 1. The molecular weight excluding hydrogens is 384 g/mol.